The van der Waals surface area contributed by atoms with Crippen LogP contribution in [-0.4, -0.2) is 49.9 Å². The van der Waals surface area contributed by atoms with Gasteiger partial charge in [-0.15, -0.1) is 0 Å². The zero-order chi connectivity index (χ0) is 20.8. The Morgan fingerprint density at radius 2 is 1.83 bits per heavy atom. The van der Waals surface area contributed by atoms with Crippen LogP contribution in [0.25, 0.3) is 10.2 Å². The number of carbonyl (C=O) groups excluding carboxylic acids is 1. The van der Waals surface area contributed by atoms with Gasteiger partial charge in [0, 0.05) is 14.1 Å². The summed E-state index contributed by atoms with van der Waals surface area (Å²) in [5, 5.41) is 3.11. The van der Waals surface area contributed by atoms with E-state index in [-0.39, 0.29) is 10.8 Å². The molecule has 2 unspecified atom stereocenters. The van der Waals surface area contributed by atoms with Gasteiger partial charge in [-0.3, -0.25) is 10.1 Å². The molecule has 0 saturated carbocycles. The fraction of sp³-hybridized carbons (Fsp3) is 0.263. The van der Waals surface area contributed by atoms with Crippen molar-refractivity contribution < 1.29 is 22.7 Å². The minimum absolute atomic E-state index is 0.172. The van der Waals surface area contributed by atoms with E-state index >= 15 is 0 Å². The highest BCUT2D eigenvalue weighted by Gasteiger charge is 2.34. The van der Waals surface area contributed by atoms with Gasteiger partial charge in [-0.1, -0.05) is 23.5 Å². The highest BCUT2D eigenvalue weighted by atomic mass is 32.2. The largest absolute Gasteiger partial charge is 0.482 e. The van der Waals surface area contributed by atoms with Crippen molar-refractivity contribution in [2.75, 3.05) is 19.4 Å². The first-order chi connectivity index (χ1) is 13.8. The first-order valence-corrected chi connectivity index (χ1v) is 11.1. The molecule has 0 fully saturated rings. The van der Waals surface area contributed by atoms with Gasteiger partial charge in [0.15, 0.2) is 16.6 Å². The van der Waals surface area contributed by atoms with Gasteiger partial charge in [0.2, 0.25) is 16.1 Å². The quantitative estimate of drug-likeness (QED) is 0.679. The van der Waals surface area contributed by atoms with Crippen LogP contribution in [0.3, 0.4) is 0 Å². The molecule has 2 atom stereocenters. The maximum Gasteiger partial charge on any atom is 0.271 e. The molecule has 1 N–H and O–H groups in total. The number of hydrogen-bond donors (Lipinski definition) is 1. The number of sulfonamides is 1. The Morgan fingerprint density at radius 1 is 1.14 bits per heavy atom. The Labute approximate surface area is 172 Å². The highest BCUT2D eigenvalue weighted by Crippen LogP contribution is 2.34. The van der Waals surface area contributed by atoms with E-state index < -0.39 is 22.2 Å². The van der Waals surface area contributed by atoms with E-state index in [1.807, 2.05) is 6.07 Å². The fourth-order valence-electron chi connectivity index (χ4n) is 2.91. The normalized spacial score (nSPS) is 18.8. The van der Waals surface area contributed by atoms with Crippen molar-refractivity contribution in [3.8, 4) is 11.5 Å². The summed E-state index contributed by atoms with van der Waals surface area (Å²) in [6, 6.07) is 11.8. The number of para-hydroxylation sites is 2. The van der Waals surface area contributed by atoms with E-state index in [0.717, 1.165) is 4.31 Å². The van der Waals surface area contributed by atoms with Gasteiger partial charge in [0.25, 0.3) is 5.91 Å². The first kappa shape index (κ1) is 19.6. The van der Waals surface area contributed by atoms with Crippen LogP contribution in [0.15, 0.2) is 47.4 Å². The molecule has 152 valence electrons. The zero-order valence-corrected chi connectivity index (χ0v) is 17.6. The van der Waals surface area contributed by atoms with Crippen LogP contribution in [0.2, 0.25) is 0 Å². The number of hydrogen-bond acceptors (Lipinski definition) is 7. The second kappa shape index (κ2) is 7.29. The molecule has 1 aromatic heterocycles. The smallest absolute Gasteiger partial charge is 0.271 e. The van der Waals surface area contributed by atoms with Crippen LogP contribution in [-0.2, 0) is 14.8 Å². The lowest BCUT2D eigenvalue weighted by Gasteiger charge is -2.30. The van der Waals surface area contributed by atoms with Gasteiger partial charge < -0.3 is 9.47 Å². The summed E-state index contributed by atoms with van der Waals surface area (Å²) in [7, 11) is -0.595. The molecule has 0 saturated heterocycles. The first-order valence-electron chi connectivity index (χ1n) is 8.82. The number of anilines is 1. The predicted octanol–water partition coefficient (Wildman–Crippen LogP) is 2.71. The topological polar surface area (TPSA) is 97.8 Å². The summed E-state index contributed by atoms with van der Waals surface area (Å²) >= 11 is 1.20. The van der Waals surface area contributed by atoms with E-state index in [2.05, 4.69) is 10.3 Å². The SMILES string of the molecule is CC1Oc2ccccc2OC1C(=O)Nc1nc2ccc(S(=O)(=O)N(C)C)cc2s1. The fourth-order valence-corrected chi connectivity index (χ4v) is 4.82. The average molecular weight is 434 g/mol. The van der Waals surface area contributed by atoms with Crippen LogP contribution >= 0.6 is 11.3 Å². The Balaban J connectivity index is 1.56. The third kappa shape index (κ3) is 3.66. The molecule has 8 nitrogen and oxygen atoms in total. The van der Waals surface area contributed by atoms with Crippen LogP contribution < -0.4 is 14.8 Å². The lowest BCUT2D eigenvalue weighted by molar-refractivity contribution is -0.128. The average Bonchev–Trinajstić information content (AvgIpc) is 3.08. The molecule has 3 aromatic rings. The molecule has 2 heterocycles. The van der Waals surface area contributed by atoms with E-state index in [1.165, 1.54) is 31.5 Å². The van der Waals surface area contributed by atoms with Gasteiger partial charge in [-0.05, 0) is 37.3 Å². The molecule has 0 bridgehead atoms. The van der Waals surface area contributed by atoms with Crippen molar-refractivity contribution in [3.63, 3.8) is 0 Å². The third-order valence-electron chi connectivity index (χ3n) is 4.47. The zero-order valence-electron chi connectivity index (χ0n) is 15.9. The Kier molecular flexibility index (Phi) is 4.93. The van der Waals surface area contributed by atoms with Gasteiger partial charge in [-0.25, -0.2) is 17.7 Å². The molecule has 4 rings (SSSR count). The Hall–Kier alpha value is -2.69. The lowest BCUT2D eigenvalue weighted by Crippen LogP contribution is -2.46. The minimum Gasteiger partial charge on any atom is -0.482 e. The molecular weight excluding hydrogens is 414 g/mol. The molecule has 0 radical (unpaired) electrons. The van der Waals surface area contributed by atoms with Gasteiger partial charge in [-0.2, -0.15) is 0 Å². The minimum atomic E-state index is -3.55. The Morgan fingerprint density at radius 3 is 2.52 bits per heavy atom. The molecule has 0 aliphatic carbocycles. The number of aromatic nitrogens is 1. The maximum atomic E-state index is 12.7. The van der Waals surface area contributed by atoms with Crippen molar-refractivity contribution in [3.05, 3.63) is 42.5 Å². The van der Waals surface area contributed by atoms with E-state index in [1.54, 1.807) is 37.3 Å². The number of rotatable bonds is 4. The highest BCUT2D eigenvalue weighted by molar-refractivity contribution is 7.89. The van der Waals surface area contributed by atoms with Crippen LogP contribution in [0.5, 0.6) is 11.5 Å². The van der Waals surface area contributed by atoms with Crippen molar-refractivity contribution in [2.24, 2.45) is 0 Å². The van der Waals surface area contributed by atoms with Gasteiger partial charge in [0.05, 0.1) is 15.1 Å². The summed E-state index contributed by atoms with van der Waals surface area (Å²) in [6.07, 6.45) is -1.31. The van der Waals surface area contributed by atoms with Gasteiger partial charge >= 0.3 is 0 Å². The summed E-state index contributed by atoms with van der Waals surface area (Å²) in [5.41, 5.74) is 0.599. The predicted molar refractivity (Wildman–Crippen MR) is 110 cm³/mol. The third-order valence-corrected chi connectivity index (χ3v) is 7.21. The summed E-state index contributed by atoms with van der Waals surface area (Å²) < 4.78 is 38.0. The second-order valence-electron chi connectivity index (χ2n) is 6.73. The number of ether oxygens (including phenoxy) is 2. The van der Waals surface area contributed by atoms with E-state index in [4.69, 9.17) is 9.47 Å². The van der Waals surface area contributed by atoms with Crippen molar-refractivity contribution in [1.29, 1.82) is 0 Å². The number of fused-ring (bicyclic) bond motifs is 2. The van der Waals surface area contributed by atoms with Gasteiger partial charge in [0.1, 0.15) is 6.10 Å². The standard InChI is InChI=1S/C19H19N3O5S2/c1-11-17(27-15-7-5-4-6-14(15)26-11)18(23)21-19-20-13-9-8-12(10-16(13)28-19)29(24,25)22(2)3/h4-11,17H,1-3H3,(H,20,21,23). The van der Waals surface area contributed by atoms with Crippen molar-refractivity contribution >= 4 is 42.6 Å². The number of benzene rings is 2. The summed E-state index contributed by atoms with van der Waals surface area (Å²) in [5.74, 6) is 0.722. The number of carbonyl (C=O) groups is 1. The monoisotopic (exact) mass is 433 g/mol. The van der Waals surface area contributed by atoms with Crippen LogP contribution in [0.1, 0.15) is 6.92 Å². The molecule has 0 spiro atoms. The van der Waals surface area contributed by atoms with Crippen molar-refractivity contribution in [2.45, 2.75) is 24.0 Å². The Bertz CT molecular complexity index is 1190. The number of nitrogens with one attached hydrogen (secondary N) is 1. The van der Waals surface area contributed by atoms with E-state index in [9.17, 15) is 13.2 Å². The molecule has 2 aromatic carbocycles. The van der Waals surface area contributed by atoms with Crippen LogP contribution in [0.4, 0.5) is 5.13 Å². The molecular formula is C19H19N3O5S2. The molecule has 1 aliphatic heterocycles. The molecule has 29 heavy (non-hydrogen) atoms. The summed E-state index contributed by atoms with van der Waals surface area (Å²) in [4.78, 5) is 17.3. The number of nitrogens with zero attached hydrogens (tertiary/aromatic N) is 2. The molecule has 1 amide bonds. The maximum absolute atomic E-state index is 12.7. The number of amides is 1. The lowest BCUT2D eigenvalue weighted by atomic mass is 10.1. The molecule has 10 heteroatoms. The molecule has 1 aliphatic rings. The summed E-state index contributed by atoms with van der Waals surface area (Å²) in [6.45, 7) is 1.76. The van der Waals surface area contributed by atoms with Crippen molar-refractivity contribution in [1.82, 2.24) is 9.29 Å². The number of thiazole rings is 1. The van der Waals surface area contributed by atoms with E-state index in [0.29, 0.717) is 26.8 Å². The second-order valence-corrected chi connectivity index (χ2v) is 9.92. The van der Waals surface area contributed by atoms with Crippen LogP contribution in [0, 0.1) is 0 Å².